The molecule has 0 aromatic heterocycles. The maximum atomic E-state index is 12.7. The van der Waals surface area contributed by atoms with Gasteiger partial charge in [-0.3, -0.25) is 19.3 Å². The number of amides is 3. The molecule has 1 heterocycles. The Balaban J connectivity index is 1.41. The molecule has 1 N–H and O–H groups in total. The highest BCUT2D eigenvalue weighted by molar-refractivity contribution is 6.09. The number of likely N-dealkylation sites (tertiary alicyclic amines) is 1. The lowest BCUT2D eigenvalue weighted by Crippen LogP contribution is -2.39. The molecule has 1 aliphatic heterocycles. The summed E-state index contributed by atoms with van der Waals surface area (Å²) >= 11 is 0. The van der Waals surface area contributed by atoms with Crippen LogP contribution in [0.1, 0.15) is 30.6 Å². The molecule has 7 nitrogen and oxygen atoms in total. The zero-order valence-electron chi connectivity index (χ0n) is 15.8. The zero-order chi connectivity index (χ0) is 20.0. The first kappa shape index (κ1) is 18.4. The molecule has 3 aliphatic rings. The molecule has 28 heavy (non-hydrogen) atoms. The smallest absolute Gasteiger partial charge is 0.338 e. The fourth-order valence-electron chi connectivity index (χ4n) is 4.47. The SMILES string of the molecule is CC(C)OC(=O)c1cccc(NC(=O)CN2C(=O)[C@@H]3[C@H](C2=O)[C@H]2C=C[C@H]3C2)c1. The van der Waals surface area contributed by atoms with Gasteiger partial charge in [-0.2, -0.15) is 0 Å². The molecular weight excluding hydrogens is 360 g/mol. The van der Waals surface area contributed by atoms with Gasteiger partial charge in [-0.25, -0.2) is 4.79 Å². The predicted molar refractivity (Wildman–Crippen MR) is 100 cm³/mol. The van der Waals surface area contributed by atoms with Gasteiger partial charge in [0.1, 0.15) is 6.54 Å². The highest BCUT2D eigenvalue weighted by Crippen LogP contribution is 2.52. The highest BCUT2D eigenvalue weighted by Gasteiger charge is 2.59. The number of carbonyl (C=O) groups excluding carboxylic acids is 4. The van der Waals surface area contributed by atoms with E-state index in [0.717, 1.165) is 11.3 Å². The fraction of sp³-hybridized carbons (Fsp3) is 0.429. The van der Waals surface area contributed by atoms with Crippen LogP contribution in [0.5, 0.6) is 0 Å². The molecule has 2 fully saturated rings. The van der Waals surface area contributed by atoms with Gasteiger partial charge in [-0.05, 0) is 50.3 Å². The topological polar surface area (TPSA) is 92.8 Å². The number of nitrogens with zero attached hydrogens (tertiary/aromatic N) is 1. The molecule has 7 heteroatoms. The lowest BCUT2D eigenvalue weighted by atomic mass is 9.85. The molecule has 1 saturated carbocycles. The van der Waals surface area contributed by atoms with Crippen LogP contribution < -0.4 is 5.32 Å². The number of fused-ring (bicyclic) bond motifs is 5. The molecule has 3 amide bonds. The summed E-state index contributed by atoms with van der Waals surface area (Å²) in [6.45, 7) is 3.19. The van der Waals surface area contributed by atoms with Crippen LogP contribution in [0.4, 0.5) is 5.69 Å². The summed E-state index contributed by atoms with van der Waals surface area (Å²) < 4.78 is 5.15. The van der Waals surface area contributed by atoms with Crippen LogP contribution in [-0.2, 0) is 19.1 Å². The lowest BCUT2D eigenvalue weighted by Gasteiger charge is -2.17. The van der Waals surface area contributed by atoms with E-state index in [2.05, 4.69) is 5.32 Å². The van der Waals surface area contributed by atoms with Crippen LogP contribution in [0.15, 0.2) is 36.4 Å². The lowest BCUT2D eigenvalue weighted by molar-refractivity contribution is -0.143. The number of hydrogen-bond acceptors (Lipinski definition) is 5. The Kier molecular flexibility index (Phi) is 4.53. The van der Waals surface area contributed by atoms with Gasteiger partial charge in [-0.1, -0.05) is 18.2 Å². The van der Waals surface area contributed by atoms with Crippen molar-refractivity contribution in [2.75, 3.05) is 11.9 Å². The summed E-state index contributed by atoms with van der Waals surface area (Å²) in [6.07, 6.45) is 4.64. The highest BCUT2D eigenvalue weighted by atomic mass is 16.5. The number of allylic oxidation sites excluding steroid dienone is 2. The van der Waals surface area contributed by atoms with E-state index in [1.165, 1.54) is 6.07 Å². The van der Waals surface area contributed by atoms with E-state index >= 15 is 0 Å². The minimum atomic E-state index is -0.480. The summed E-state index contributed by atoms with van der Waals surface area (Å²) in [5.41, 5.74) is 0.723. The van der Waals surface area contributed by atoms with E-state index in [1.54, 1.807) is 32.0 Å². The number of imide groups is 1. The van der Waals surface area contributed by atoms with Crippen LogP contribution >= 0.6 is 0 Å². The molecule has 1 aromatic rings. The molecule has 0 radical (unpaired) electrons. The van der Waals surface area contributed by atoms with Crippen molar-refractivity contribution in [1.29, 1.82) is 0 Å². The van der Waals surface area contributed by atoms with Gasteiger partial charge in [0.15, 0.2) is 0 Å². The second-order valence-corrected chi connectivity index (χ2v) is 7.85. The molecule has 0 spiro atoms. The minimum absolute atomic E-state index is 0.114. The summed E-state index contributed by atoms with van der Waals surface area (Å²) in [7, 11) is 0. The predicted octanol–water partition coefficient (Wildman–Crippen LogP) is 2.00. The third kappa shape index (κ3) is 3.10. The monoisotopic (exact) mass is 382 g/mol. The van der Waals surface area contributed by atoms with E-state index < -0.39 is 11.9 Å². The maximum Gasteiger partial charge on any atom is 0.338 e. The summed E-state index contributed by atoms with van der Waals surface area (Å²) in [6, 6.07) is 6.37. The Morgan fingerprint density at radius 3 is 2.39 bits per heavy atom. The number of carbonyl (C=O) groups is 4. The third-order valence-electron chi connectivity index (χ3n) is 5.59. The van der Waals surface area contributed by atoms with Crippen LogP contribution in [0.3, 0.4) is 0 Å². The minimum Gasteiger partial charge on any atom is -0.459 e. The molecule has 2 bridgehead atoms. The van der Waals surface area contributed by atoms with Crippen molar-refractivity contribution < 1.29 is 23.9 Å². The first-order valence-electron chi connectivity index (χ1n) is 9.49. The van der Waals surface area contributed by atoms with Crippen molar-refractivity contribution in [2.45, 2.75) is 26.4 Å². The van der Waals surface area contributed by atoms with E-state index in [4.69, 9.17) is 4.74 Å². The first-order valence-corrected chi connectivity index (χ1v) is 9.49. The van der Waals surface area contributed by atoms with Gasteiger partial charge in [-0.15, -0.1) is 0 Å². The van der Waals surface area contributed by atoms with Crippen molar-refractivity contribution in [1.82, 2.24) is 4.90 Å². The number of nitrogens with one attached hydrogen (secondary N) is 1. The van der Waals surface area contributed by atoms with Gasteiger partial charge in [0.2, 0.25) is 17.7 Å². The number of benzene rings is 1. The average molecular weight is 382 g/mol. The van der Waals surface area contributed by atoms with Crippen LogP contribution in [0, 0.1) is 23.7 Å². The average Bonchev–Trinajstić information content (AvgIpc) is 3.31. The Morgan fingerprint density at radius 1 is 1.14 bits per heavy atom. The summed E-state index contributed by atoms with van der Waals surface area (Å²) in [4.78, 5) is 50.8. The van der Waals surface area contributed by atoms with Crippen LogP contribution in [0.2, 0.25) is 0 Å². The van der Waals surface area contributed by atoms with Gasteiger partial charge in [0.25, 0.3) is 0 Å². The largest absolute Gasteiger partial charge is 0.459 e. The quantitative estimate of drug-likeness (QED) is 0.478. The molecule has 1 aromatic carbocycles. The molecule has 2 aliphatic carbocycles. The number of ether oxygens (including phenoxy) is 1. The van der Waals surface area contributed by atoms with E-state index in [0.29, 0.717) is 11.3 Å². The summed E-state index contributed by atoms with van der Waals surface area (Å²) in [5.74, 6) is -1.86. The van der Waals surface area contributed by atoms with Gasteiger partial charge >= 0.3 is 5.97 Å². The number of rotatable bonds is 5. The normalized spacial score (nSPS) is 27.5. The van der Waals surface area contributed by atoms with Gasteiger partial charge < -0.3 is 10.1 Å². The van der Waals surface area contributed by atoms with Crippen molar-refractivity contribution in [3.8, 4) is 0 Å². The van der Waals surface area contributed by atoms with Crippen molar-refractivity contribution in [3.63, 3.8) is 0 Å². The molecule has 4 atom stereocenters. The second-order valence-electron chi connectivity index (χ2n) is 7.85. The maximum absolute atomic E-state index is 12.7. The number of anilines is 1. The van der Waals surface area contributed by atoms with Crippen LogP contribution in [0.25, 0.3) is 0 Å². The van der Waals surface area contributed by atoms with Gasteiger partial charge in [0, 0.05) is 5.69 Å². The zero-order valence-corrected chi connectivity index (χ0v) is 15.8. The Labute approximate surface area is 162 Å². The van der Waals surface area contributed by atoms with Gasteiger partial charge in [0.05, 0.1) is 23.5 Å². The molecule has 4 rings (SSSR count). The Bertz CT molecular complexity index is 861. The number of hydrogen-bond donors (Lipinski definition) is 1. The number of esters is 1. The standard InChI is InChI=1S/C21H22N2O5/c1-11(2)28-21(27)14-4-3-5-15(9-14)22-16(24)10-23-19(25)17-12-6-7-13(8-12)18(17)20(23)26/h3-7,9,11-13,17-18H,8,10H2,1-2H3,(H,22,24)/t12-,13-,17-,18+/m0/s1. The molecule has 0 unspecified atom stereocenters. The Hall–Kier alpha value is -2.96. The van der Waals surface area contributed by atoms with E-state index in [1.807, 2.05) is 12.2 Å². The third-order valence-corrected chi connectivity index (χ3v) is 5.59. The molecular formula is C21H22N2O5. The van der Waals surface area contributed by atoms with Crippen LogP contribution in [-0.4, -0.2) is 41.2 Å². The van der Waals surface area contributed by atoms with Crippen molar-refractivity contribution in [3.05, 3.63) is 42.0 Å². The van der Waals surface area contributed by atoms with Crippen molar-refractivity contribution >= 4 is 29.4 Å². The van der Waals surface area contributed by atoms with E-state index in [9.17, 15) is 19.2 Å². The van der Waals surface area contributed by atoms with Crippen molar-refractivity contribution in [2.24, 2.45) is 23.7 Å². The second kappa shape index (κ2) is 6.89. The first-order chi connectivity index (χ1) is 13.3. The van der Waals surface area contributed by atoms with E-state index in [-0.39, 0.29) is 48.1 Å². The summed E-state index contributed by atoms with van der Waals surface area (Å²) in [5, 5.41) is 2.65. The molecule has 146 valence electrons. The Morgan fingerprint density at radius 2 is 1.79 bits per heavy atom. The molecule has 1 saturated heterocycles. The fourth-order valence-corrected chi connectivity index (χ4v) is 4.47.